The quantitative estimate of drug-likeness (QED) is 0.751. The van der Waals surface area contributed by atoms with E-state index >= 15 is 0 Å². The second kappa shape index (κ2) is 7.09. The minimum atomic E-state index is -0.522. The Labute approximate surface area is 153 Å². The molecule has 1 amide bonds. The highest BCUT2D eigenvalue weighted by atomic mass is 35.5. The Morgan fingerprint density at radius 1 is 1.08 bits per heavy atom. The number of nitrogens with one attached hydrogen (secondary N) is 1. The number of carbonyl (C=O) groups is 1. The SMILES string of the molecule is Cc1ccccc1NC(=O)c1ccc(-n2ncc(Cl)c(Cl)c2=O)cc1. The van der Waals surface area contributed by atoms with Crippen molar-refractivity contribution < 1.29 is 4.79 Å². The Morgan fingerprint density at radius 3 is 2.44 bits per heavy atom. The summed E-state index contributed by atoms with van der Waals surface area (Å²) in [5.74, 6) is -0.240. The van der Waals surface area contributed by atoms with Crippen molar-refractivity contribution in [3.63, 3.8) is 0 Å². The van der Waals surface area contributed by atoms with Crippen molar-refractivity contribution >= 4 is 34.8 Å². The van der Waals surface area contributed by atoms with E-state index in [-0.39, 0.29) is 16.0 Å². The summed E-state index contributed by atoms with van der Waals surface area (Å²) in [6.07, 6.45) is 1.30. The van der Waals surface area contributed by atoms with Gasteiger partial charge in [-0.2, -0.15) is 9.78 Å². The molecule has 126 valence electrons. The molecule has 0 radical (unpaired) electrons. The molecule has 25 heavy (non-hydrogen) atoms. The zero-order valence-electron chi connectivity index (χ0n) is 13.2. The Hall–Kier alpha value is -2.63. The number of hydrogen-bond donors (Lipinski definition) is 1. The lowest BCUT2D eigenvalue weighted by atomic mass is 10.1. The highest BCUT2D eigenvalue weighted by Gasteiger charge is 2.11. The monoisotopic (exact) mass is 373 g/mol. The first-order chi connectivity index (χ1) is 12.0. The van der Waals surface area contributed by atoms with Gasteiger partial charge in [0.25, 0.3) is 11.5 Å². The maximum atomic E-state index is 12.3. The maximum Gasteiger partial charge on any atom is 0.291 e. The number of benzene rings is 2. The van der Waals surface area contributed by atoms with Crippen LogP contribution < -0.4 is 10.9 Å². The Bertz CT molecular complexity index is 998. The average molecular weight is 374 g/mol. The lowest BCUT2D eigenvalue weighted by Gasteiger charge is -2.09. The van der Waals surface area contributed by atoms with Gasteiger partial charge in [0.05, 0.1) is 16.9 Å². The molecule has 5 nitrogen and oxygen atoms in total. The molecule has 0 saturated carbocycles. The molecule has 0 spiro atoms. The number of nitrogens with zero attached hydrogens (tertiary/aromatic N) is 2. The summed E-state index contributed by atoms with van der Waals surface area (Å²) in [6, 6.07) is 14.0. The number of carbonyl (C=O) groups excluding carboxylic acids is 1. The summed E-state index contributed by atoms with van der Waals surface area (Å²) in [5.41, 5.74) is 2.14. The van der Waals surface area contributed by atoms with Crippen LogP contribution in [0.3, 0.4) is 0 Å². The van der Waals surface area contributed by atoms with Crippen LogP contribution in [0.2, 0.25) is 10.0 Å². The van der Waals surface area contributed by atoms with E-state index in [9.17, 15) is 9.59 Å². The molecule has 0 unspecified atom stereocenters. The molecule has 2 aromatic carbocycles. The van der Waals surface area contributed by atoms with Crippen LogP contribution in [0.5, 0.6) is 0 Å². The van der Waals surface area contributed by atoms with Gasteiger partial charge in [0.15, 0.2) is 0 Å². The Morgan fingerprint density at radius 2 is 1.76 bits per heavy atom. The van der Waals surface area contributed by atoms with Gasteiger partial charge < -0.3 is 5.32 Å². The average Bonchev–Trinajstić information content (AvgIpc) is 2.62. The van der Waals surface area contributed by atoms with Crippen LogP contribution in [0, 0.1) is 6.92 Å². The van der Waals surface area contributed by atoms with Crippen molar-refractivity contribution in [2.45, 2.75) is 6.92 Å². The van der Waals surface area contributed by atoms with Crippen molar-refractivity contribution in [3.8, 4) is 5.69 Å². The Balaban J connectivity index is 1.86. The van der Waals surface area contributed by atoms with E-state index in [0.29, 0.717) is 11.3 Å². The van der Waals surface area contributed by atoms with E-state index in [2.05, 4.69) is 10.4 Å². The predicted octanol–water partition coefficient (Wildman–Crippen LogP) is 4.10. The van der Waals surface area contributed by atoms with E-state index < -0.39 is 5.56 Å². The van der Waals surface area contributed by atoms with Crippen molar-refractivity contribution in [2.75, 3.05) is 5.32 Å². The molecule has 0 aliphatic heterocycles. The fraction of sp³-hybridized carbons (Fsp3) is 0.0556. The standard InChI is InChI=1S/C18H13Cl2N3O2/c1-11-4-2-3-5-15(11)22-17(24)12-6-8-13(9-7-12)23-18(25)16(20)14(19)10-21-23/h2-10H,1H3,(H,22,24). The number of amides is 1. The molecule has 3 aromatic rings. The second-order valence-electron chi connectivity index (χ2n) is 5.34. The highest BCUT2D eigenvalue weighted by molar-refractivity contribution is 6.41. The fourth-order valence-corrected chi connectivity index (χ4v) is 2.51. The zero-order valence-corrected chi connectivity index (χ0v) is 14.7. The first-order valence-corrected chi connectivity index (χ1v) is 8.13. The molecule has 3 rings (SSSR count). The normalized spacial score (nSPS) is 10.5. The number of hydrogen-bond acceptors (Lipinski definition) is 3. The molecule has 0 atom stereocenters. The van der Waals surface area contributed by atoms with Gasteiger partial charge in [-0.3, -0.25) is 9.59 Å². The van der Waals surface area contributed by atoms with Gasteiger partial charge >= 0.3 is 0 Å². The summed E-state index contributed by atoms with van der Waals surface area (Å²) in [6.45, 7) is 1.92. The molecule has 0 aliphatic carbocycles. The number of rotatable bonds is 3. The summed E-state index contributed by atoms with van der Waals surface area (Å²) in [5, 5.41) is 6.80. The number of aromatic nitrogens is 2. The first-order valence-electron chi connectivity index (χ1n) is 7.38. The first kappa shape index (κ1) is 17.2. The minimum absolute atomic E-state index is 0.0946. The number of aryl methyl sites for hydroxylation is 1. The van der Waals surface area contributed by atoms with E-state index in [1.165, 1.54) is 6.20 Å². The largest absolute Gasteiger partial charge is 0.322 e. The van der Waals surface area contributed by atoms with Gasteiger partial charge in [-0.1, -0.05) is 41.4 Å². The lowest BCUT2D eigenvalue weighted by Crippen LogP contribution is -2.21. The number of halogens is 2. The van der Waals surface area contributed by atoms with Crippen molar-refractivity contribution in [3.05, 3.63) is 86.3 Å². The molecular weight excluding hydrogens is 361 g/mol. The Kier molecular flexibility index (Phi) is 4.88. The molecule has 0 saturated heterocycles. The minimum Gasteiger partial charge on any atom is -0.322 e. The summed E-state index contributed by atoms with van der Waals surface area (Å²) < 4.78 is 1.12. The summed E-state index contributed by atoms with van der Waals surface area (Å²) in [4.78, 5) is 24.4. The second-order valence-corrected chi connectivity index (χ2v) is 6.12. The van der Waals surface area contributed by atoms with Gasteiger partial charge in [0.1, 0.15) is 5.02 Å². The molecule has 0 aliphatic rings. The third-order valence-electron chi connectivity index (χ3n) is 3.64. The summed E-state index contributed by atoms with van der Waals surface area (Å²) in [7, 11) is 0. The van der Waals surface area contributed by atoms with E-state index in [1.54, 1.807) is 24.3 Å². The van der Waals surface area contributed by atoms with Crippen molar-refractivity contribution in [1.82, 2.24) is 9.78 Å². The van der Waals surface area contributed by atoms with E-state index in [0.717, 1.165) is 15.9 Å². The van der Waals surface area contributed by atoms with E-state index in [1.807, 2.05) is 31.2 Å². The summed E-state index contributed by atoms with van der Waals surface area (Å²) >= 11 is 11.6. The van der Waals surface area contributed by atoms with Crippen LogP contribution in [0.15, 0.2) is 59.5 Å². The molecule has 1 N–H and O–H groups in total. The van der Waals surface area contributed by atoms with Gasteiger partial charge in [0, 0.05) is 11.3 Å². The predicted molar refractivity (Wildman–Crippen MR) is 99.0 cm³/mol. The van der Waals surface area contributed by atoms with Crippen molar-refractivity contribution in [2.24, 2.45) is 0 Å². The van der Waals surface area contributed by atoms with Gasteiger partial charge in [-0.25, -0.2) is 0 Å². The molecule has 1 heterocycles. The smallest absolute Gasteiger partial charge is 0.291 e. The van der Waals surface area contributed by atoms with Crippen LogP contribution in [0.1, 0.15) is 15.9 Å². The van der Waals surface area contributed by atoms with Gasteiger partial charge in [-0.05, 0) is 42.8 Å². The molecular formula is C18H13Cl2N3O2. The lowest BCUT2D eigenvalue weighted by molar-refractivity contribution is 0.102. The van der Waals surface area contributed by atoms with Crippen LogP contribution >= 0.6 is 23.2 Å². The van der Waals surface area contributed by atoms with Crippen LogP contribution in [0.4, 0.5) is 5.69 Å². The fourth-order valence-electron chi connectivity index (χ4n) is 2.26. The number of para-hydroxylation sites is 1. The molecule has 0 fully saturated rings. The van der Waals surface area contributed by atoms with Crippen LogP contribution in [0.25, 0.3) is 5.69 Å². The number of anilines is 1. The van der Waals surface area contributed by atoms with Gasteiger partial charge in [-0.15, -0.1) is 0 Å². The molecule has 7 heteroatoms. The third kappa shape index (κ3) is 3.57. The highest BCUT2D eigenvalue weighted by Crippen LogP contribution is 2.17. The van der Waals surface area contributed by atoms with E-state index in [4.69, 9.17) is 23.2 Å². The zero-order chi connectivity index (χ0) is 18.0. The maximum absolute atomic E-state index is 12.3. The van der Waals surface area contributed by atoms with Gasteiger partial charge in [0.2, 0.25) is 0 Å². The molecule has 1 aromatic heterocycles. The van der Waals surface area contributed by atoms with Crippen LogP contribution in [-0.2, 0) is 0 Å². The topological polar surface area (TPSA) is 64.0 Å². The van der Waals surface area contributed by atoms with Crippen molar-refractivity contribution in [1.29, 1.82) is 0 Å². The molecule has 0 bridgehead atoms. The third-order valence-corrected chi connectivity index (χ3v) is 4.39. The van der Waals surface area contributed by atoms with Crippen LogP contribution in [-0.4, -0.2) is 15.7 Å².